The van der Waals surface area contributed by atoms with E-state index >= 15 is 0 Å². The molecule has 0 saturated heterocycles. The van der Waals surface area contributed by atoms with Gasteiger partial charge in [-0.15, -0.1) is 11.6 Å². The molecular formula is C21H16Cl2O6. The molecule has 2 aromatic rings. The van der Waals surface area contributed by atoms with E-state index in [9.17, 15) is 9.59 Å². The number of fused-ring (bicyclic) bond motifs is 2. The van der Waals surface area contributed by atoms with Crippen LogP contribution in [-0.4, -0.2) is 23.9 Å². The molecule has 2 aliphatic heterocycles. The van der Waals surface area contributed by atoms with Crippen molar-refractivity contribution in [2.45, 2.75) is 25.8 Å². The van der Waals surface area contributed by atoms with Crippen LogP contribution in [0.5, 0.6) is 17.2 Å². The molecule has 0 amide bonds. The number of allylic oxidation sites excluding steroid dienone is 1. The second kappa shape index (κ2) is 7.71. The Labute approximate surface area is 176 Å². The molecule has 2 aliphatic rings. The molecule has 1 unspecified atom stereocenters. The standard InChI is InChI=1S/C21H16Cl2O6/c1-10-3-15(28-21(25)11(2)22)7-16-18(10)19(24)17(29-16)6-12-4-14(23)5-13-8-26-9-27-20(12)13/h3-7,11H,8-9H2,1-2H3/b17-6-. The van der Waals surface area contributed by atoms with Crippen LogP contribution in [0.3, 0.4) is 0 Å². The third kappa shape index (κ3) is 3.83. The minimum atomic E-state index is -0.792. The monoisotopic (exact) mass is 434 g/mol. The Bertz CT molecular complexity index is 1060. The molecule has 1 atom stereocenters. The van der Waals surface area contributed by atoms with Gasteiger partial charge in [0.2, 0.25) is 5.78 Å². The maximum atomic E-state index is 12.9. The summed E-state index contributed by atoms with van der Waals surface area (Å²) in [7, 11) is 0. The molecule has 0 fully saturated rings. The number of halogens is 2. The fourth-order valence-corrected chi connectivity index (χ4v) is 3.48. The number of hydrogen-bond donors (Lipinski definition) is 0. The number of carbonyl (C=O) groups excluding carboxylic acids is 2. The van der Waals surface area contributed by atoms with Gasteiger partial charge in [0, 0.05) is 22.2 Å². The lowest BCUT2D eigenvalue weighted by atomic mass is 10.0. The summed E-state index contributed by atoms with van der Waals surface area (Å²) in [6.07, 6.45) is 1.59. The number of rotatable bonds is 3. The topological polar surface area (TPSA) is 71.1 Å². The summed E-state index contributed by atoms with van der Waals surface area (Å²) in [4.78, 5) is 24.6. The number of hydrogen-bond acceptors (Lipinski definition) is 6. The van der Waals surface area contributed by atoms with Crippen LogP contribution in [0.2, 0.25) is 5.02 Å². The van der Waals surface area contributed by atoms with Crippen LogP contribution in [0.25, 0.3) is 6.08 Å². The predicted molar refractivity (Wildman–Crippen MR) is 107 cm³/mol. The third-order valence-electron chi connectivity index (χ3n) is 4.48. The SMILES string of the molecule is Cc1cc(OC(=O)C(C)Cl)cc2c1C(=O)/C(=C/c1cc(Cl)cc3c1OCOC3)O2. The van der Waals surface area contributed by atoms with Gasteiger partial charge in [0.1, 0.15) is 22.6 Å². The number of ether oxygens (including phenoxy) is 4. The van der Waals surface area contributed by atoms with E-state index in [4.69, 9.17) is 42.1 Å². The van der Waals surface area contributed by atoms with E-state index in [2.05, 4.69) is 0 Å². The van der Waals surface area contributed by atoms with Crippen molar-refractivity contribution in [2.24, 2.45) is 0 Å². The van der Waals surface area contributed by atoms with Gasteiger partial charge in [0.05, 0.1) is 12.2 Å². The lowest BCUT2D eigenvalue weighted by Crippen LogP contribution is -2.17. The molecule has 0 spiro atoms. The number of ketones is 1. The Morgan fingerprint density at radius 1 is 1.28 bits per heavy atom. The highest BCUT2D eigenvalue weighted by Crippen LogP contribution is 2.39. The van der Waals surface area contributed by atoms with E-state index in [-0.39, 0.29) is 24.1 Å². The second-order valence-electron chi connectivity index (χ2n) is 6.68. The van der Waals surface area contributed by atoms with Gasteiger partial charge in [-0.25, -0.2) is 0 Å². The van der Waals surface area contributed by atoms with Crippen molar-refractivity contribution in [1.29, 1.82) is 0 Å². The normalized spacial score (nSPS) is 17.2. The fraction of sp³-hybridized carbons (Fsp3) is 0.238. The Balaban J connectivity index is 1.69. The summed E-state index contributed by atoms with van der Waals surface area (Å²) in [5, 5.41) is -0.298. The molecule has 8 heteroatoms. The molecule has 0 aliphatic carbocycles. The quantitative estimate of drug-likeness (QED) is 0.302. The summed E-state index contributed by atoms with van der Waals surface area (Å²) in [6, 6.07) is 6.55. The van der Waals surface area contributed by atoms with Crippen molar-refractivity contribution in [2.75, 3.05) is 6.79 Å². The highest BCUT2D eigenvalue weighted by atomic mass is 35.5. The van der Waals surface area contributed by atoms with E-state index in [0.717, 1.165) is 5.56 Å². The molecule has 0 aromatic heterocycles. The summed E-state index contributed by atoms with van der Waals surface area (Å²) < 4.78 is 21.9. The lowest BCUT2D eigenvalue weighted by Gasteiger charge is -2.20. The predicted octanol–water partition coefficient (Wildman–Crippen LogP) is 4.66. The summed E-state index contributed by atoms with van der Waals surface area (Å²) in [6.45, 7) is 3.75. The second-order valence-corrected chi connectivity index (χ2v) is 7.78. The molecule has 29 heavy (non-hydrogen) atoms. The highest BCUT2D eigenvalue weighted by molar-refractivity contribution is 6.31. The number of benzene rings is 2. The summed E-state index contributed by atoms with van der Waals surface area (Å²) in [5.74, 6) is 0.428. The van der Waals surface area contributed by atoms with Crippen LogP contribution in [0, 0.1) is 6.92 Å². The average Bonchev–Trinajstić information content (AvgIpc) is 2.97. The molecule has 4 rings (SSSR count). The van der Waals surface area contributed by atoms with Gasteiger partial charge in [-0.05, 0) is 43.7 Å². The van der Waals surface area contributed by atoms with Crippen molar-refractivity contribution in [3.8, 4) is 17.2 Å². The van der Waals surface area contributed by atoms with Gasteiger partial charge in [-0.3, -0.25) is 9.59 Å². The van der Waals surface area contributed by atoms with E-state index in [1.54, 1.807) is 31.2 Å². The van der Waals surface area contributed by atoms with Crippen molar-refractivity contribution >= 4 is 41.0 Å². The maximum Gasteiger partial charge on any atom is 0.329 e. The molecule has 2 aromatic carbocycles. The van der Waals surface area contributed by atoms with Crippen LogP contribution < -0.4 is 14.2 Å². The largest absolute Gasteiger partial charge is 0.467 e. The number of Topliss-reactive ketones (excluding diaryl/α,β-unsaturated/α-hetero) is 1. The van der Waals surface area contributed by atoms with Gasteiger partial charge in [0.25, 0.3) is 0 Å². The summed E-state index contributed by atoms with van der Waals surface area (Å²) >= 11 is 11.9. The number of carbonyl (C=O) groups is 2. The van der Waals surface area contributed by atoms with Gasteiger partial charge < -0.3 is 18.9 Å². The van der Waals surface area contributed by atoms with Gasteiger partial charge in [-0.2, -0.15) is 0 Å². The first-order valence-electron chi connectivity index (χ1n) is 8.81. The fourth-order valence-electron chi connectivity index (χ4n) is 3.19. The zero-order valence-corrected chi connectivity index (χ0v) is 17.1. The molecule has 150 valence electrons. The van der Waals surface area contributed by atoms with Crippen molar-refractivity contribution in [1.82, 2.24) is 0 Å². The third-order valence-corrected chi connectivity index (χ3v) is 4.87. The minimum absolute atomic E-state index is 0.118. The van der Waals surface area contributed by atoms with E-state index in [0.29, 0.717) is 39.8 Å². The van der Waals surface area contributed by atoms with Crippen LogP contribution in [-0.2, 0) is 16.1 Å². The lowest BCUT2D eigenvalue weighted by molar-refractivity contribution is -0.133. The zero-order chi connectivity index (χ0) is 20.7. The van der Waals surface area contributed by atoms with Crippen molar-refractivity contribution < 1.29 is 28.5 Å². The van der Waals surface area contributed by atoms with Crippen LogP contribution in [0.15, 0.2) is 30.0 Å². The first-order valence-corrected chi connectivity index (χ1v) is 9.62. The Kier molecular flexibility index (Phi) is 5.25. The Morgan fingerprint density at radius 2 is 2.07 bits per heavy atom. The first-order chi connectivity index (χ1) is 13.8. The number of esters is 1. The average molecular weight is 435 g/mol. The summed E-state index contributed by atoms with van der Waals surface area (Å²) in [5.41, 5.74) is 2.44. The molecule has 0 bridgehead atoms. The minimum Gasteiger partial charge on any atom is -0.467 e. The van der Waals surface area contributed by atoms with Gasteiger partial charge in [-0.1, -0.05) is 11.6 Å². The highest BCUT2D eigenvalue weighted by Gasteiger charge is 2.31. The van der Waals surface area contributed by atoms with E-state index in [1.165, 1.54) is 13.0 Å². The Hall–Kier alpha value is -2.54. The molecule has 0 N–H and O–H groups in total. The molecular weight excluding hydrogens is 419 g/mol. The number of alkyl halides is 1. The van der Waals surface area contributed by atoms with Crippen molar-refractivity contribution in [3.63, 3.8) is 0 Å². The van der Waals surface area contributed by atoms with Crippen LogP contribution in [0.4, 0.5) is 0 Å². The first kappa shape index (κ1) is 19.8. The van der Waals surface area contributed by atoms with Crippen LogP contribution in [0.1, 0.15) is 34.0 Å². The van der Waals surface area contributed by atoms with Crippen LogP contribution >= 0.6 is 23.2 Å². The van der Waals surface area contributed by atoms with Gasteiger partial charge in [0.15, 0.2) is 12.6 Å². The Morgan fingerprint density at radius 3 is 2.83 bits per heavy atom. The maximum absolute atomic E-state index is 12.9. The molecule has 6 nitrogen and oxygen atoms in total. The molecule has 2 heterocycles. The smallest absolute Gasteiger partial charge is 0.329 e. The molecule has 0 radical (unpaired) electrons. The number of aryl methyl sites for hydroxylation is 1. The van der Waals surface area contributed by atoms with Crippen molar-refractivity contribution in [3.05, 3.63) is 57.3 Å². The zero-order valence-electron chi connectivity index (χ0n) is 15.6. The van der Waals surface area contributed by atoms with E-state index in [1.807, 2.05) is 0 Å². The van der Waals surface area contributed by atoms with Gasteiger partial charge >= 0.3 is 5.97 Å². The molecule has 0 saturated carbocycles. The van der Waals surface area contributed by atoms with E-state index < -0.39 is 11.3 Å².